The van der Waals surface area contributed by atoms with Crippen LogP contribution in [0.25, 0.3) is 0 Å². The lowest BCUT2D eigenvalue weighted by atomic mass is 10.0. The molecule has 1 heterocycles. The number of aromatic nitrogens is 2. The summed E-state index contributed by atoms with van der Waals surface area (Å²) in [7, 11) is 0. The van der Waals surface area contributed by atoms with E-state index in [0.717, 1.165) is 8.68 Å². The molecular formula is C17H15N3OS3. The molecule has 0 fully saturated rings. The third-order valence-corrected chi connectivity index (χ3v) is 6.62. The van der Waals surface area contributed by atoms with Gasteiger partial charge in [-0.1, -0.05) is 95.5 Å². The number of benzene rings is 2. The number of amides is 1. The lowest BCUT2D eigenvalue weighted by Crippen LogP contribution is -2.12. The van der Waals surface area contributed by atoms with Gasteiger partial charge in [-0.15, -0.1) is 10.2 Å². The molecule has 1 aromatic heterocycles. The lowest BCUT2D eigenvalue weighted by Gasteiger charge is -2.15. The van der Waals surface area contributed by atoms with Gasteiger partial charge < -0.3 is 5.73 Å². The Balaban J connectivity index is 1.81. The zero-order valence-corrected chi connectivity index (χ0v) is 15.1. The molecule has 0 bridgehead atoms. The first-order valence-corrected chi connectivity index (χ1v) is 9.91. The number of carbonyl (C=O) groups is 1. The van der Waals surface area contributed by atoms with Crippen LogP contribution in [0.1, 0.15) is 16.4 Å². The van der Waals surface area contributed by atoms with Gasteiger partial charge >= 0.3 is 0 Å². The highest BCUT2D eigenvalue weighted by atomic mass is 32.2. The van der Waals surface area contributed by atoms with Crippen LogP contribution in [0.5, 0.6) is 0 Å². The molecule has 1 amide bonds. The van der Waals surface area contributed by atoms with Crippen molar-refractivity contribution in [3.63, 3.8) is 0 Å². The highest BCUT2D eigenvalue weighted by Gasteiger charge is 2.18. The van der Waals surface area contributed by atoms with Gasteiger partial charge in [0, 0.05) is 0 Å². The van der Waals surface area contributed by atoms with Crippen LogP contribution in [0.3, 0.4) is 0 Å². The molecule has 0 saturated heterocycles. The van der Waals surface area contributed by atoms with Crippen LogP contribution < -0.4 is 5.73 Å². The zero-order chi connectivity index (χ0) is 16.8. The summed E-state index contributed by atoms with van der Waals surface area (Å²) in [5.41, 5.74) is 7.61. The largest absolute Gasteiger partial charge is 0.369 e. The molecule has 122 valence electrons. The Labute approximate surface area is 152 Å². The van der Waals surface area contributed by atoms with E-state index < -0.39 is 0 Å². The first-order valence-electron chi connectivity index (χ1n) is 7.23. The van der Waals surface area contributed by atoms with Crippen LogP contribution in [0.4, 0.5) is 0 Å². The first-order chi connectivity index (χ1) is 11.7. The van der Waals surface area contributed by atoms with Crippen molar-refractivity contribution in [1.29, 1.82) is 0 Å². The summed E-state index contributed by atoms with van der Waals surface area (Å²) in [6.45, 7) is 0. The van der Waals surface area contributed by atoms with E-state index in [1.807, 2.05) is 36.4 Å². The number of carbonyl (C=O) groups excluding carboxylic acids is 1. The van der Waals surface area contributed by atoms with E-state index in [4.69, 9.17) is 5.73 Å². The van der Waals surface area contributed by atoms with Crippen LogP contribution >= 0.6 is 34.9 Å². The molecule has 3 aromatic rings. The lowest BCUT2D eigenvalue weighted by molar-refractivity contribution is -0.115. The van der Waals surface area contributed by atoms with Gasteiger partial charge in [-0.25, -0.2) is 0 Å². The van der Waals surface area contributed by atoms with Crippen molar-refractivity contribution in [3.8, 4) is 0 Å². The topological polar surface area (TPSA) is 68.9 Å². The molecule has 0 aliphatic rings. The average Bonchev–Trinajstić information content (AvgIpc) is 3.07. The smallest absolute Gasteiger partial charge is 0.227 e. The van der Waals surface area contributed by atoms with E-state index >= 15 is 0 Å². The summed E-state index contributed by atoms with van der Waals surface area (Å²) in [5.74, 6) is -0.129. The highest BCUT2D eigenvalue weighted by molar-refractivity contribution is 8.03. The molecule has 0 saturated carbocycles. The molecule has 0 atom stereocenters. The first kappa shape index (κ1) is 17.0. The molecule has 0 spiro atoms. The van der Waals surface area contributed by atoms with Crippen LogP contribution in [-0.2, 0) is 4.79 Å². The van der Waals surface area contributed by atoms with E-state index in [2.05, 4.69) is 34.5 Å². The van der Waals surface area contributed by atoms with Gasteiger partial charge in [0.1, 0.15) is 0 Å². The Bertz CT molecular complexity index is 754. The summed E-state index contributed by atoms with van der Waals surface area (Å²) < 4.78 is 1.64. The van der Waals surface area contributed by atoms with Crippen LogP contribution in [0, 0.1) is 0 Å². The molecule has 0 aliphatic carbocycles. The van der Waals surface area contributed by atoms with E-state index in [1.54, 1.807) is 11.8 Å². The summed E-state index contributed by atoms with van der Waals surface area (Å²) in [6.07, 6.45) is 0. The summed E-state index contributed by atoms with van der Waals surface area (Å²) >= 11 is 4.48. The summed E-state index contributed by atoms with van der Waals surface area (Å²) in [4.78, 5) is 10.9. The number of nitrogens with zero attached hydrogens (tertiary/aromatic N) is 2. The SMILES string of the molecule is NC(=O)CSc1nnc(SC(c2ccccc2)c2ccccc2)s1. The van der Waals surface area contributed by atoms with Gasteiger partial charge in [0.15, 0.2) is 8.68 Å². The summed E-state index contributed by atoms with van der Waals surface area (Å²) in [5, 5.41) is 8.52. The van der Waals surface area contributed by atoms with E-state index in [-0.39, 0.29) is 16.9 Å². The Morgan fingerprint density at radius 1 is 0.958 bits per heavy atom. The second-order valence-corrected chi connectivity index (χ2v) is 8.46. The molecule has 2 N–H and O–H groups in total. The standard InChI is InChI=1S/C17H15N3OS3/c18-14(21)11-22-16-19-20-17(24-16)23-15(12-7-3-1-4-8-12)13-9-5-2-6-10-13/h1-10,15H,11H2,(H2,18,21). The normalized spacial score (nSPS) is 10.9. The molecule has 0 aliphatic heterocycles. The average molecular weight is 374 g/mol. The number of hydrogen-bond donors (Lipinski definition) is 1. The van der Waals surface area contributed by atoms with Crippen molar-refractivity contribution < 1.29 is 4.79 Å². The Kier molecular flexibility index (Phi) is 5.90. The Morgan fingerprint density at radius 2 is 1.50 bits per heavy atom. The summed E-state index contributed by atoms with van der Waals surface area (Å²) in [6, 6.07) is 20.7. The van der Waals surface area contributed by atoms with Gasteiger partial charge in [-0.3, -0.25) is 4.79 Å². The van der Waals surface area contributed by atoms with E-state index in [1.165, 1.54) is 34.2 Å². The van der Waals surface area contributed by atoms with Gasteiger partial charge in [0.2, 0.25) is 5.91 Å². The third-order valence-electron chi connectivity index (χ3n) is 3.15. The van der Waals surface area contributed by atoms with Gasteiger partial charge in [-0.05, 0) is 11.1 Å². The van der Waals surface area contributed by atoms with Crippen molar-refractivity contribution in [1.82, 2.24) is 10.2 Å². The number of hydrogen-bond acceptors (Lipinski definition) is 6. The van der Waals surface area contributed by atoms with Crippen LogP contribution in [0.15, 0.2) is 69.3 Å². The Morgan fingerprint density at radius 3 is 2.04 bits per heavy atom. The van der Waals surface area contributed by atoms with Gasteiger partial charge in [0.25, 0.3) is 0 Å². The second kappa shape index (κ2) is 8.32. The van der Waals surface area contributed by atoms with E-state index in [0.29, 0.717) is 0 Å². The predicted molar refractivity (Wildman–Crippen MR) is 100 cm³/mol. The maximum atomic E-state index is 10.9. The van der Waals surface area contributed by atoms with Crippen molar-refractivity contribution in [2.45, 2.75) is 13.9 Å². The molecule has 3 rings (SSSR count). The molecule has 24 heavy (non-hydrogen) atoms. The second-order valence-electron chi connectivity index (χ2n) is 4.91. The van der Waals surface area contributed by atoms with Crippen molar-refractivity contribution >= 4 is 40.8 Å². The zero-order valence-electron chi connectivity index (χ0n) is 12.7. The molecule has 0 unspecified atom stereocenters. The number of primary amides is 1. The van der Waals surface area contributed by atoms with Crippen LogP contribution in [-0.4, -0.2) is 21.9 Å². The number of thioether (sulfide) groups is 2. The van der Waals surface area contributed by atoms with Crippen molar-refractivity contribution in [2.24, 2.45) is 5.73 Å². The monoisotopic (exact) mass is 373 g/mol. The minimum atomic E-state index is -0.351. The molecular weight excluding hydrogens is 358 g/mol. The Hall–Kier alpha value is -1.83. The van der Waals surface area contributed by atoms with Gasteiger partial charge in [-0.2, -0.15) is 0 Å². The maximum Gasteiger partial charge on any atom is 0.227 e. The fourth-order valence-electron chi connectivity index (χ4n) is 2.12. The molecule has 0 radical (unpaired) electrons. The molecule has 2 aromatic carbocycles. The predicted octanol–water partition coefficient (Wildman–Crippen LogP) is 4.00. The maximum absolute atomic E-state index is 10.9. The number of rotatable bonds is 7. The van der Waals surface area contributed by atoms with E-state index in [9.17, 15) is 4.79 Å². The third kappa shape index (κ3) is 4.59. The minimum absolute atomic E-state index is 0.148. The fraction of sp³-hybridized carbons (Fsp3) is 0.118. The quantitative estimate of drug-likeness (QED) is 0.634. The molecule has 4 nitrogen and oxygen atoms in total. The molecule has 7 heteroatoms. The minimum Gasteiger partial charge on any atom is -0.369 e. The van der Waals surface area contributed by atoms with Crippen molar-refractivity contribution in [2.75, 3.05) is 5.75 Å². The van der Waals surface area contributed by atoms with Crippen molar-refractivity contribution in [3.05, 3.63) is 71.8 Å². The van der Waals surface area contributed by atoms with Gasteiger partial charge in [0.05, 0.1) is 11.0 Å². The fourth-order valence-corrected chi connectivity index (χ4v) is 5.20. The number of nitrogens with two attached hydrogens (primary N) is 1. The highest BCUT2D eigenvalue weighted by Crippen LogP contribution is 2.42. The van der Waals surface area contributed by atoms with Crippen LogP contribution in [0.2, 0.25) is 0 Å².